The molecule has 128 valence electrons. The molecule has 0 rings (SSSR count). The number of hydrogen-bond acceptors (Lipinski definition) is 2. The fraction of sp³-hybridized carbons (Fsp3) is 1.00. The van der Waals surface area contributed by atoms with E-state index in [9.17, 15) is 0 Å². The maximum Gasteiger partial charge on any atom is 0.0862 e. The van der Waals surface area contributed by atoms with E-state index in [-0.39, 0.29) is 11.7 Å². The Morgan fingerprint density at radius 1 is 0.762 bits per heavy atom. The van der Waals surface area contributed by atoms with Crippen LogP contribution in [-0.2, 0) is 9.47 Å². The second-order valence-electron chi connectivity index (χ2n) is 8.46. The molecule has 0 N–H and O–H groups in total. The van der Waals surface area contributed by atoms with Crippen LogP contribution < -0.4 is 0 Å². The van der Waals surface area contributed by atoms with Gasteiger partial charge in [0.2, 0.25) is 0 Å². The molecule has 2 unspecified atom stereocenters. The summed E-state index contributed by atoms with van der Waals surface area (Å²) < 4.78 is 12.2. The zero-order chi connectivity index (χ0) is 16.6. The van der Waals surface area contributed by atoms with Crippen molar-refractivity contribution in [2.75, 3.05) is 6.61 Å². The Balaban J connectivity index is 4.52. The van der Waals surface area contributed by atoms with Gasteiger partial charge in [0.1, 0.15) is 0 Å². The summed E-state index contributed by atoms with van der Waals surface area (Å²) in [6.07, 6.45) is 4.16. The first-order valence-electron chi connectivity index (χ1n) is 8.81. The van der Waals surface area contributed by atoms with Crippen molar-refractivity contribution in [3.05, 3.63) is 0 Å². The number of hydrogen-bond donors (Lipinski definition) is 0. The third-order valence-electron chi connectivity index (χ3n) is 3.52. The molecule has 0 bridgehead atoms. The molecule has 0 aliphatic rings. The molecular formula is C19H40O2. The van der Waals surface area contributed by atoms with Crippen molar-refractivity contribution in [1.29, 1.82) is 0 Å². The molecular weight excluding hydrogens is 260 g/mol. The fourth-order valence-corrected chi connectivity index (χ4v) is 2.92. The Bertz CT molecular complexity index is 256. The molecule has 0 aliphatic carbocycles. The molecule has 0 aromatic carbocycles. The third kappa shape index (κ3) is 12.2. The number of ether oxygens (including phenoxy) is 2. The summed E-state index contributed by atoms with van der Waals surface area (Å²) in [5, 5.41) is 0. The lowest BCUT2D eigenvalue weighted by molar-refractivity contribution is -0.130. The minimum atomic E-state index is -0.207. The lowest BCUT2D eigenvalue weighted by atomic mass is 9.90. The van der Waals surface area contributed by atoms with Crippen LogP contribution in [0.4, 0.5) is 0 Å². The molecule has 2 nitrogen and oxygen atoms in total. The van der Waals surface area contributed by atoms with E-state index in [1.807, 2.05) is 0 Å². The van der Waals surface area contributed by atoms with E-state index >= 15 is 0 Å². The van der Waals surface area contributed by atoms with Gasteiger partial charge in [0.05, 0.1) is 24.4 Å². The summed E-state index contributed by atoms with van der Waals surface area (Å²) in [4.78, 5) is 0. The molecule has 0 aromatic heterocycles. The highest BCUT2D eigenvalue weighted by atomic mass is 16.6. The largest absolute Gasteiger partial charge is 0.376 e. The number of rotatable bonds is 11. The molecule has 0 aromatic rings. The van der Waals surface area contributed by atoms with E-state index in [1.165, 1.54) is 6.42 Å². The molecule has 2 atom stereocenters. The van der Waals surface area contributed by atoms with Crippen LogP contribution in [-0.4, -0.2) is 24.4 Å². The van der Waals surface area contributed by atoms with Gasteiger partial charge in [-0.1, -0.05) is 34.6 Å². The van der Waals surface area contributed by atoms with Gasteiger partial charge in [0.15, 0.2) is 0 Å². The first kappa shape index (κ1) is 20.9. The Kier molecular flexibility index (Phi) is 9.80. The predicted octanol–water partition coefficient (Wildman–Crippen LogP) is 5.69. The van der Waals surface area contributed by atoms with Gasteiger partial charge in [0, 0.05) is 0 Å². The summed E-state index contributed by atoms with van der Waals surface area (Å²) in [6, 6.07) is 0. The van der Waals surface area contributed by atoms with E-state index in [2.05, 4.69) is 62.3 Å². The summed E-state index contributed by atoms with van der Waals surface area (Å²) >= 11 is 0. The first-order chi connectivity index (χ1) is 9.51. The fourth-order valence-electron chi connectivity index (χ4n) is 2.92. The Labute approximate surface area is 134 Å². The zero-order valence-corrected chi connectivity index (χ0v) is 16.0. The molecule has 2 heteroatoms. The van der Waals surface area contributed by atoms with Crippen LogP contribution in [0.5, 0.6) is 0 Å². The van der Waals surface area contributed by atoms with E-state index < -0.39 is 0 Å². The lowest BCUT2D eigenvalue weighted by Crippen LogP contribution is -2.37. The van der Waals surface area contributed by atoms with E-state index in [4.69, 9.17) is 9.47 Å². The average Bonchev–Trinajstić information content (AvgIpc) is 2.23. The van der Waals surface area contributed by atoms with Crippen molar-refractivity contribution in [2.45, 2.75) is 99.4 Å². The molecule has 0 aliphatic heterocycles. The SMILES string of the molecule is CC(C)CC(C)CC(CC(C)C)OC(C)(C)COC(C)C. The Morgan fingerprint density at radius 2 is 1.29 bits per heavy atom. The molecule has 0 fully saturated rings. The third-order valence-corrected chi connectivity index (χ3v) is 3.52. The second kappa shape index (κ2) is 9.84. The Morgan fingerprint density at radius 3 is 1.71 bits per heavy atom. The standard InChI is InChI=1S/C19H40O2/c1-14(2)10-17(7)12-18(11-15(3)4)21-19(8,9)13-20-16(5)6/h14-18H,10-13H2,1-9H3. The van der Waals surface area contributed by atoms with Gasteiger partial charge in [-0.05, 0) is 64.7 Å². The van der Waals surface area contributed by atoms with Gasteiger partial charge in [-0.3, -0.25) is 0 Å². The average molecular weight is 301 g/mol. The van der Waals surface area contributed by atoms with Crippen molar-refractivity contribution in [3.8, 4) is 0 Å². The molecule has 0 heterocycles. The van der Waals surface area contributed by atoms with Crippen LogP contribution in [0.3, 0.4) is 0 Å². The molecule has 0 saturated carbocycles. The van der Waals surface area contributed by atoms with Crippen molar-refractivity contribution in [3.63, 3.8) is 0 Å². The zero-order valence-electron chi connectivity index (χ0n) is 16.0. The molecule has 21 heavy (non-hydrogen) atoms. The minimum absolute atomic E-state index is 0.207. The highest BCUT2D eigenvalue weighted by Gasteiger charge is 2.26. The van der Waals surface area contributed by atoms with Crippen molar-refractivity contribution >= 4 is 0 Å². The van der Waals surface area contributed by atoms with Gasteiger partial charge in [0.25, 0.3) is 0 Å². The maximum atomic E-state index is 6.43. The normalized spacial score (nSPS) is 16.0. The summed E-state index contributed by atoms with van der Waals surface area (Å²) in [7, 11) is 0. The molecule has 0 spiro atoms. The highest BCUT2D eigenvalue weighted by Crippen LogP contribution is 2.26. The van der Waals surface area contributed by atoms with Gasteiger partial charge in [-0.15, -0.1) is 0 Å². The van der Waals surface area contributed by atoms with Gasteiger partial charge >= 0.3 is 0 Å². The highest BCUT2D eigenvalue weighted by molar-refractivity contribution is 4.75. The van der Waals surface area contributed by atoms with Crippen molar-refractivity contribution in [1.82, 2.24) is 0 Å². The molecule has 0 radical (unpaired) electrons. The van der Waals surface area contributed by atoms with E-state index in [1.54, 1.807) is 0 Å². The smallest absolute Gasteiger partial charge is 0.0862 e. The second-order valence-corrected chi connectivity index (χ2v) is 8.46. The Hall–Kier alpha value is -0.0800. The van der Waals surface area contributed by atoms with E-state index in [0.717, 1.165) is 24.7 Å². The molecule has 0 amide bonds. The van der Waals surface area contributed by atoms with Crippen molar-refractivity contribution < 1.29 is 9.47 Å². The van der Waals surface area contributed by atoms with Gasteiger partial charge < -0.3 is 9.47 Å². The van der Waals surface area contributed by atoms with Crippen LogP contribution >= 0.6 is 0 Å². The monoisotopic (exact) mass is 300 g/mol. The summed E-state index contributed by atoms with van der Waals surface area (Å²) in [6.45, 7) is 20.6. The summed E-state index contributed by atoms with van der Waals surface area (Å²) in [5.41, 5.74) is -0.207. The van der Waals surface area contributed by atoms with Crippen LogP contribution in [0.1, 0.15) is 81.6 Å². The van der Waals surface area contributed by atoms with Gasteiger partial charge in [-0.25, -0.2) is 0 Å². The van der Waals surface area contributed by atoms with Crippen LogP contribution in [0.15, 0.2) is 0 Å². The quantitative estimate of drug-likeness (QED) is 0.488. The van der Waals surface area contributed by atoms with Crippen LogP contribution in [0, 0.1) is 17.8 Å². The minimum Gasteiger partial charge on any atom is -0.376 e. The van der Waals surface area contributed by atoms with Crippen LogP contribution in [0.2, 0.25) is 0 Å². The molecule has 0 saturated heterocycles. The maximum absolute atomic E-state index is 6.43. The lowest BCUT2D eigenvalue weighted by Gasteiger charge is -2.33. The predicted molar refractivity (Wildman–Crippen MR) is 92.7 cm³/mol. The van der Waals surface area contributed by atoms with Crippen molar-refractivity contribution in [2.24, 2.45) is 17.8 Å². The van der Waals surface area contributed by atoms with E-state index in [0.29, 0.717) is 18.6 Å². The first-order valence-corrected chi connectivity index (χ1v) is 8.81. The van der Waals surface area contributed by atoms with Gasteiger partial charge in [-0.2, -0.15) is 0 Å². The van der Waals surface area contributed by atoms with Crippen LogP contribution in [0.25, 0.3) is 0 Å². The topological polar surface area (TPSA) is 18.5 Å². The summed E-state index contributed by atoms with van der Waals surface area (Å²) in [5.74, 6) is 2.15.